The Morgan fingerprint density at radius 1 is 1.31 bits per heavy atom. The molecule has 1 aromatic heterocycles. The van der Waals surface area contributed by atoms with Crippen LogP contribution in [0.4, 0.5) is 8.78 Å². The highest BCUT2D eigenvalue weighted by Crippen LogP contribution is 2.39. The number of benzene rings is 1. The number of fused-ring (bicyclic) bond motifs is 1. The third-order valence-electron chi connectivity index (χ3n) is 5.87. The number of aromatic hydroxyl groups is 1. The van der Waals surface area contributed by atoms with Crippen molar-refractivity contribution in [3.8, 4) is 5.75 Å². The van der Waals surface area contributed by atoms with Gasteiger partial charge in [0.15, 0.2) is 11.5 Å². The molecule has 1 aromatic carbocycles. The zero-order valence-electron chi connectivity index (χ0n) is 17.9. The van der Waals surface area contributed by atoms with Crippen LogP contribution in [0.15, 0.2) is 29.2 Å². The van der Waals surface area contributed by atoms with Crippen LogP contribution in [0.5, 0.6) is 5.75 Å². The molecule has 1 amide bonds. The van der Waals surface area contributed by atoms with Gasteiger partial charge in [-0.3, -0.25) is 14.4 Å². The maximum absolute atomic E-state index is 13.8. The molecule has 172 valence electrons. The van der Waals surface area contributed by atoms with Gasteiger partial charge in [0.25, 0.3) is 5.91 Å². The topological polar surface area (TPSA) is 107 Å². The van der Waals surface area contributed by atoms with Crippen LogP contribution >= 0.6 is 0 Å². The Kier molecular flexibility index (Phi) is 6.75. The summed E-state index contributed by atoms with van der Waals surface area (Å²) in [6, 6.07) is 2.89. The molecule has 0 spiro atoms. The zero-order chi connectivity index (χ0) is 23.6. The van der Waals surface area contributed by atoms with E-state index in [1.807, 2.05) is 0 Å². The second kappa shape index (κ2) is 9.17. The predicted molar refractivity (Wildman–Crippen MR) is 110 cm³/mol. The molecule has 1 aliphatic heterocycles. The number of nitrogens with zero attached hydrogens (tertiary/aromatic N) is 1. The summed E-state index contributed by atoms with van der Waals surface area (Å²) in [7, 11) is 2.94. The molecule has 3 rings (SSSR count). The van der Waals surface area contributed by atoms with E-state index in [1.54, 1.807) is 6.92 Å². The maximum atomic E-state index is 13.8. The molecule has 0 radical (unpaired) electrons. The van der Waals surface area contributed by atoms with Gasteiger partial charge in [0.1, 0.15) is 22.9 Å². The molecular weight excluding hydrogens is 426 g/mol. The van der Waals surface area contributed by atoms with Gasteiger partial charge in [-0.1, -0.05) is 6.07 Å². The van der Waals surface area contributed by atoms with Crippen LogP contribution in [-0.4, -0.2) is 48.3 Å². The van der Waals surface area contributed by atoms with Crippen molar-refractivity contribution in [2.45, 2.75) is 32.5 Å². The number of halogens is 2. The number of ether oxygens (including phenoxy) is 2. The van der Waals surface area contributed by atoms with E-state index in [4.69, 9.17) is 9.47 Å². The van der Waals surface area contributed by atoms with Crippen molar-refractivity contribution in [3.63, 3.8) is 0 Å². The van der Waals surface area contributed by atoms with E-state index in [-0.39, 0.29) is 31.0 Å². The summed E-state index contributed by atoms with van der Waals surface area (Å²) in [4.78, 5) is 38.5. The van der Waals surface area contributed by atoms with Crippen LogP contribution in [0.1, 0.15) is 39.8 Å². The monoisotopic (exact) mass is 450 g/mol. The van der Waals surface area contributed by atoms with E-state index in [2.05, 4.69) is 5.32 Å². The number of pyridine rings is 1. The molecule has 2 aromatic rings. The van der Waals surface area contributed by atoms with Crippen molar-refractivity contribution < 1.29 is 33.0 Å². The molecular formula is C22H24F2N2O6. The van der Waals surface area contributed by atoms with Gasteiger partial charge in [-0.15, -0.1) is 0 Å². The quantitative estimate of drug-likeness (QED) is 0.669. The molecule has 10 heteroatoms. The Labute approximate surface area is 182 Å². The number of hydrogen-bond acceptors (Lipinski definition) is 6. The van der Waals surface area contributed by atoms with Crippen molar-refractivity contribution in [2.24, 2.45) is 5.41 Å². The number of amides is 1. The molecule has 0 saturated carbocycles. The van der Waals surface area contributed by atoms with Crippen molar-refractivity contribution in [3.05, 3.63) is 63.1 Å². The Bertz CT molecular complexity index is 1120. The van der Waals surface area contributed by atoms with Crippen LogP contribution in [0, 0.1) is 17.0 Å². The number of carbonyl (C=O) groups excluding carboxylic acids is 2. The summed E-state index contributed by atoms with van der Waals surface area (Å²) in [5.74, 6) is -3.82. The van der Waals surface area contributed by atoms with Crippen LogP contribution in [-0.2, 0) is 22.6 Å². The van der Waals surface area contributed by atoms with Crippen molar-refractivity contribution in [1.82, 2.24) is 9.88 Å². The lowest BCUT2D eigenvalue weighted by atomic mass is 9.73. The van der Waals surface area contributed by atoms with Crippen LogP contribution < -0.4 is 10.7 Å². The standard InChI is InChI=1S/C22H24F2N2O6/c1-22(6-7-31-2)16(32-3)11-26-10-14(18(27)19(28)17(26)20(22)29)21(30)25-9-12-4-5-13(23)8-15(12)24/h4-5,8,10,16,28H,6-7,9,11H2,1-3H3,(H,25,30)/t16-,22+/m0/s1. The Balaban J connectivity index is 1.93. The second-order valence-electron chi connectivity index (χ2n) is 7.85. The number of methoxy groups -OCH3 is 2. The predicted octanol–water partition coefficient (Wildman–Crippen LogP) is 2.02. The van der Waals surface area contributed by atoms with Gasteiger partial charge in [-0.05, 0) is 19.4 Å². The SMILES string of the molecule is COCC[C@@]1(C)C(=O)c2c(O)c(=O)c(C(=O)NCc3ccc(F)cc3F)cn2C[C@@H]1OC. The van der Waals surface area contributed by atoms with Gasteiger partial charge < -0.3 is 24.5 Å². The molecule has 8 nitrogen and oxygen atoms in total. The summed E-state index contributed by atoms with van der Waals surface area (Å²) < 4.78 is 38.7. The van der Waals surface area contributed by atoms with Gasteiger partial charge in [-0.2, -0.15) is 0 Å². The van der Waals surface area contributed by atoms with Gasteiger partial charge >= 0.3 is 0 Å². The van der Waals surface area contributed by atoms with Crippen molar-refractivity contribution in [2.75, 3.05) is 20.8 Å². The molecule has 32 heavy (non-hydrogen) atoms. The fraction of sp³-hybridized carbons (Fsp3) is 0.409. The first-order chi connectivity index (χ1) is 15.1. The average Bonchev–Trinajstić information content (AvgIpc) is 2.76. The minimum absolute atomic E-state index is 0.0190. The lowest BCUT2D eigenvalue weighted by Crippen LogP contribution is -2.50. The van der Waals surface area contributed by atoms with Crippen LogP contribution in [0.25, 0.3) is 0 Å². The number of carbonyl (C=O) groups is 2. The Hall–Kier alpha value is -3.11. The number of nitrogens with one attached hydrogen (secondary N) is 1. The van der Waals surface area contributed by atoms with E-state index >= 15 is 0 Å². The normalized spacial score (nSPS) is 20.2. The lowest BCUT2D eigenvalue weighted by Gasteiger charge is -2.40. The van der Waals surface area contributed by atoms with E-state index in [0.717, 1.165) is 6.07 Å². The summed E-state index contributed by atoms with van der Waals surface area (Å²) in [5.41, 5.74) is -2.67. The van der Waals surface area contributed by atoms with Gasteiger partial charge in [0, 0.05) is 45.2 Å². The van der Waals surface area contributed by atoms with Gasteiger partial charge in [0.05, 0.1) is 18.1 Å². The Morgan fingerprint density at radius 2 is 2.03 bits per heavy atom. The lowest BCUT2D eigenvalue weighted by molar-refractivity contribution is -0.0262. The third kappa shape index (κ3) is 4.15. The molecule has 0 saturated heterocycles. The van der Waals surface area contributed by atoms with Gasteiger partial charge in [-0.25, -0.2) is 8.78 Å². The first-order valence-corrected chi connectivity index (χ1v) is 9.89. The molecule has 2 N–H and O–H groups in total. The van der Waals surface area contributed by atoms with E-state index < -0.39 is 51.6 Å². The van der Waals surface area contributed by atoms with E-state index in [9.17, 15) is 28.3 Å². The largest absolute Gasteiger partial charge is 0.503 e. The molecule has 1 aliphatic rings. The number of ketones is 1. The highest BCUT2D eigenvalue weighted by Gasteiger charge is 2.48. The first-order valence-electron chi connectivity index (χ1n) is 9.89. The number of hydrogen-bond donors (Lipinski definition) is 2. The molecule has 2 heterocycles. The fourth-order valence-electron chi connectivity index (χ4n) is 3.85. The molecule has 0 unspecified atom stereocenters. The van der Waals surface area contributed by atoms with Crippen molar-refractivity contribution in [1.29, 1.82) is 0 Å². The molecule has 2 atom stereocenters. The average molecular weight is 450 g/mol. The maximum Gasteiger partial charge on any atom is 0.257 e. The number of rotatable bonds is 7. The smallest absolute Gasteiger partial charge is 0.257 e. The third-order valence-corrected chi connectivity index (χ3v) is 5.87. The number of Topliss-reactive ketones (excluding diaryl/α,β-unsaturated/α-hetero) is 1. The van der Waals surface area contributed by atoms with Crippen molar-refractivity contribution >= 4 is 11.7 Å². The Morgan fingerprint density at radius 3 is 2.66 bits per heavy atom. The zero-order valence-corrected chi connectivity index (χ0v) is 17.9. The van der Waals surface area contributed by atoms with E-state index in [1.165, 1.54) is 31.0 Å². The fourth-order valence-corrected chi connectivity index (χ4v) is 3.85. The summed E-state index contributed by atoms with van der Waals surface area (Å²) >= 11 is 0. The van der Waals surface area contributed by atoms with Crippen LogP contribution in [0.3, 0.4) is 0 Å². The molecule has 0 aliphatic carbocycles. The number of aromatic nitrogens is 1. The van der Waals surface area contributed by atoms with Gasteiger partial charge in [0.2, 0.25) is 5.43 Å². The minimum atomic E-state index is -1.04. The highest BCUT2D eigenvalue weighted by molar-refractivity contribution is 6.03. The molecule has 0 fully saturated rings. The highest BCUT2D eigenvalue weighted by atomic mass is 19.1. The first kappa shape index (κ1) is 23.6. The molecule has 0 bridgehead atoms. The summed E-state index contributed by atoms with van der Waals surface area (Å²) in [6.07, 6.45) is 0.886. The minimum Gasteiger partial charge on any atom is -0.503 e. The van der Waals surface area contributed by atoms with E-state index in [0.29, 0.717) is 12.5 Å². The summed E-state index contributed by atoms with van der Waals surface area (Å²) in [6.45, 7) is 1.75. The second-order valence-corrected chi connectivity index (χ2v) is 7.85. The summed E-state index contributed by atoms with van der Waals surface area (Å²) in [5, 5.41) is 12.9. The van der Waals surface area contributed by atoms with Crippen LogP contribution in [0.2, 0.25) is 0 Å².